The molecule has 0 aromatic carbocycles. The van der Waals surface area contributed by atoms with Gasteiger partial charge in [-0.1, -0.05) is 40.0 Å². The van der Waals surface area contributed by atoms with Gasteiger partial charge >= 0.3 is 0 Å². The molecule has 3 atom stereocenters. The Kier molecular flexibility index (Phi) is 4.24. The van der Waals surface area contributed by atoms with Crippen molar-refractivity contribution in [2.45, 2.75) is 52.5 Å². The zero-order chi connectivity index (χ0) is 9.84. The van der Waals surface area contributed by atoms with Crippen LogP contribution in [0.15, 0.2) is 0 Å². The molecule has 13 heavy (non-hydrogen) atoms. The molecule has 1 rings (SSSR count). The zero-order valence-electron chi connectivity index (χ0n) is 9.64. The molecule has 0 bridgehead atoms. The Morgan fingerprint density at radius 3 is 2.46 bits per heavy atom. The fourth-order valence-corrected chi connectivity index (χ4v) is 3.09. The summed E-state index contributed by atoms with van der Waals surface area (Å²) in [5.41, 5.74) is 0. The first-order valence-electron chi connectivity index (χ1n) is 5.88. The van der Waals surface area contributed by atoms with Crippen LogP contribution in [0.1, 0.15) is 46.5 Å². The van der Waals surface area contributed by atoms with Crippen LogP contribution in [0.5, 0.6) is 0 Å². The lowest BCUT2D eigenvalue weighted by atomic mass is 9.82. The number of nitrogens with one attached hydrogen (secondary N) is 1. The lowest BCUT2D eigenvalue weighted by Crippen LogP contribution is -2.39. The number of hydrogen-bond acceptors (Lipinski definition) is 1. The van der Waals surface area contributed by atoms with Gasteiger partial charge in [-0.2, -0.15) is 0 Å². The van der Waals surface area contributed by atoms with Crippen molar-refractivity contribution in [2.75, 3.05) is 7.05 Å². The predicted molar refractivity (Wildman–Crippen MR) is 58.8 cm³/mol. The molecule has 1 aliphatic rings. The third-order valence-corrected chi connectivity index (χ3v) is 3.76. The van der Waals surface area contributed by atoms with Crippen molar-refractivity contribution in [3.8, 4) is 0 Å². The molecule has 0 aromatic rings. The molecular formula is C12H25N. The van der Waals surface area contributed by atoms with Crippen LogP contribution in [0, 0.1) is 17.8 Å². The van der Waals surface area contributed by atoms with E-state index in [2.05, 4.69) is 33.1 Å². The first kappa shape index (κ1) is 11.0. The molecule has 0 heterocycles. The molecule has 1 nitrogen and oxygen atoms in total. The van der Waals surface area contributed by atoms with Crippen LogP contribution in [0.3, 0.4) is 0 Å². The van der Waals surface area contributed by atoms with Crippen LogP contribution in [-0.4, -0.2) is 13.1 Å². The van der Waals surface area contributed by atoms with E-state index in [4.69, 9.17) is 0 Å². The zero-order valence-corrected chi connectivity index (χ0v) is 9.64. The molecule has 1 fully saturated rings. The van der Waals surface area contributed by atoms with E-state index in [9.17, 15) is 0 Å². The Morgan fingerprint density at radius 2 is 2.00 bits per heavy atom. The maximum absolute atomic E-state index is 3.51. The number of rotatable bonds is 4. The van der Waals surface area contributed by atoms with Gasteiger partial charge in [0.1, 0.15) is 0 Å². The van der Waals surface area contributed by atoms with Crippen LogP contribution in [0.4, 0.5) is 0 Å². The van der Waals surface area contributed by atoms with Gasteiger partial charge in [0.25, 0.3) is 0 Å². The molecule has 1 heteroatoms. The van der Waals surface area contributed by atoms with Crippen LogP contribution in [0.25, 0.3) is 0 Å². The predicted octanol–water partition coefficient (Wildman–Crippen LogP) is 3.06. The summed E-state index contributed by atoms with van der Waals surface area (Å²) >= 11 is 0. The summed E-state index contributed by atoms with van der Waals surface area (Å²) in [7, 11) is 2.12. The normalized spacial score (nSPS) is 31.2. The standard InChI is InChI=1S/C12H25N/c1-5-10-7-6-8-11(10)12(13-4)9(2)3/h9-13H,5-8H2,1-4H3. The Hall–Kier alpha value is -0.0400. The van der Waals surface area contributed by atoms with Crippen LogP contribution in [0.2, 0.25) is 0 Å². The molecule has 0 amide bonds. The largest absolute Gasteiger partial charge is 0.316 e. The average molecular weight is 183 g/mol. The second kappa shape index (κ2) is 4.99. The van der Waals surface area contributed by atoms with Gasteiger partial charge in [0.15, 0.2) is 0 Å². The van der Waals surface area contributed by atoms with Gasteiger partial charge in [-0.25, -0.2) is 0 Å². The minimum Gasteiger partial charge on any atom is -0.316 e. The van der Waals surface area contributed by atoms with E-state index in [1.807, 2.05) is 0 Å². The molecule has 0 radical (unpaired) electrons. The van der Waals surface area contributed by atoms with E-state index in [1.54, 1.807) is 0 Å². The van der Waals surface area contributed by atoms with Crippen molar-refractivity contribution in [3.05, 3.63) is 0 Å². The summed E-state index contributed by atoms with van der Waals surface area (Å²) in [6, 6.07) is 0.743. The smallest absolute Gasteiger partial charge is 0.0118 e. The van der Waals surface area contributed by atoms with Crippen molar-refractivity contribution in [3.63, 3.8) is 0 Å². The Morgan fingerprint density at radius 1 is 1.31 bits per heavy atom. The summed E-state index contributed by atoms with van der Waals surface area (Å²) in [6.07, 6.45) is 5.73. The van der Waals surface area contributed by atoms with E-state index >= 15 is 0 Å². The molecule has 0 saturated heterocycles. The van der Waals surface area contributed by atoms with E-state index in [1.165, 1.54) is 25.7 Å². The highest BCUT2D eigenvalue weighted by Crippen LogP contribution is 2.37. The molecule has 0 aliphatic heterocycles. The second-order valence-corrected chi connectivity index (χ2v) is 4.82. The van der Waals surface area contributed by atoms with Crippen molar-refractivity contribution in [2.24, 2.45) is 17.8 Å². The summed E-state index contributed by atoms with van der Waals surface area (Å²) in [5, 5.41) is 3.51. The third-order valence-electron chi connectivity index (χ3n) is 3.76. The van der Waals surface area contributed by atoms with Gasteiger partial charge in [0.2, 0.25) is 0 Å². The van der Waals surface area contributed by atoms with Crippen molar-refractivity contribution in [1.29, 1.82) is 0 Å². The van der Waals surface area contributed by atoms with E-state index in [0.717, 1.165) is 23.8 Å². The van der Waals surface area contributed by atoms with Gasteiger partial charge < -0.3 is 5.32 Å². The summed E-state index contributed by atoms with van der Waals surface area (Å²) in [6.45, 7) is 7.02. The monoisotopic (exact) mass is 183 g/mol. The Balaban J connectivity index is 2.56. The SMILES string of the molecule is CCC1CCCC1C(NC)C(C)C. The molecular weight excluding hydrogens is 158 g/mol. The van der Waals surface area contributed by atoms with E-state index in [0.29, 0.717) is 0 Å². The summed E-state index contributed by atoms with van der Waals surface area (Å²) in [4.78, 5) is 0. The highest BCUT2D eigenvalue weighted by Gasteiger charge is 2.32. The maximum Gasteiger partial charge on any atom is 0.0118 e. The topological polar surface area (TPSA) is 12.0 Å². The second-order valence-electron chi connectivity index (χ2n) is 4.82. The highest BCUT2D eigenvalue weighted by atomic mass is 14.9. The highest BCUT2D eigenvalue weighted by molar-refractivity contribution is 4.87. The van der Waals surface area contributed by atoms with Gasteiger partial charge in [-0.3, -0.25) is 0 Å². The summed E-state index contributed by atoms with van der Waals surface area (Å²) < 4.78 is 0. The minimum atomic E-state index is 0.743. The molecule has 1 aliphatic carbocycles. The van der Waals surface area contributed by atoms with Gasteiger partial charge in [0, 0.05) is 6.04 Å². The van der Waals surface area contributed by atoms with Gasteiger partial charge in [0.05, 0.1) is 0 Å². The lowest BCUT2D eigenvalue weighted by Gasteiger charge is -2.31. The first-order chi connectivity index (χ1) is 6.20. The van der Waals surface area contributed by atoms with Crippen molar-refractivity contribution >= 4 is 0 Å². The van der Waals surface area contributed by atoms with Crippen LogP contribution >= 0.6 is 0 Å². The van der Waals surface area contributed by atoms with Crippen molar-refractivity contribution in [1.82, 2.24) is 5.32 Å². The molecule has 78 valence electrons. The van der Waals surface area contributed by atoms with Crippen LogP contribution in [-0.2, 0) is 0 Å². The van der Waals surface area contributed by atoms with Crippen LogP contribution < -0.4 is 5.32 Å². The molecule has 1 N–H and O–H groups in total. The molecule has 1 saturated carbocycles. The maximum atomic E-state index is 3.51. The third kappa shape index (κ3) is 2.46. The van der Waals surface area contributed by atoms with Gasteiger partial charge in [-0.05, 0) is 31.2 Å². The van der Waals surface area contributed by atoms with E-state index in [-0.39, 0.29) is 0 Å². The van der Waals surface area contributed by atoms with Gasteiger partial charge in [-0.15, -0.1) is 0 Å². The molecule has 0 aromatic heterocycles. The lowest BCUT2D eigenvalue weighted by molar-refractivity contribution is 0.238. The fourth-order valence-electron chi connectivity index (χ4n) is 3.09. The molecule has 0 spiro atoms. The first-order valence-corrected chi connectivity index (χ1v) is 5.88. The average Bonchev–Trinajstić information content (AvgIpc) is 2.53. The van der Waals surface area contributed by atoms with Crippen molar-refractivity contribution < 1.29 is 0 Å². The minimum absolute atomic E-state index is 0.743. The quantitative estimate of drug-likeness (QED) is 0.706. The fraction of sp³-hybridized carbons (Fsp3) is 1.00. The Labute approximate surface area is 83.3 Å². The number of hydrogen-bond donors (Lipinski definition) is 1. The molecule has 3 unspecified atom stereocenters. The summed E-state index contributed by atoms with van der Waals surface area (Å²) in [5.74, 6) is 2.71. The van der Waals surface area contributed by atoms with E-state index < -0.39 is 0 Å². The Bertz CT molecular complexity index is 142.